The van der Waals surface area contributed by atoms with E-state index in [0.29, 0.717) is 0 Å². The average molecular weight is 347 g/mol. The van der Waals surface area contributed by atoms with Crippen molar-refractivity contribution in [3.63, 3.8) is 0 Å². The van der Waals surface area contributed by atoms with Crippen LogP contribution in [0.5, 0.6) is 0 Å². The maximum Gasteiger partial charge on any atom is 3.00 e. The summed E-state index contributed by atoms with van der Waals surface area (Å²) < 4.78 is 0. The SMILES string of the molecule is O=N[O-].O=N[O-].O=N[O-].[Bi+3]. The van der Waals surface area contributed by atoms with Gasteiger partial charge < -0.3 is 30.3 Å². The summed E-state index contributed by atoms with van der Waals surface area (Å²) in [6.07, 6.45) is 0. The van der Waals surface area contributed by atoms with Crippen LogP contribution in [-0.4, -0.2) is 26.2 Å². The molecule has 0 aliphatic carbocycles. The van der Waals surface area contributed by atoms with Crippen LogP contribution in [0.3, 0.4) is 0 Å². The number of hydrogen-bond donors (Lipinski definition) is 0. The van der Waals surface area contributed by atoms with E-state index in [1.807, 2.05) is 0 Å². The molecule has 0 aromatic rings. The average Bonchev–Trinajstić information content (AvgIpc) is 1.70. The first-order valence-electron chi connectivity index (χ1n) is 1.10. The van der Waals surface area contributed by atoms with E-state index in [9.17, 15) is 0 Å². The van der Waals surface area contributed by atoms with Gasteiger partial charge >= 0.3 is 26.2 Å². The quantitative estimate of drug-likeness (QED) is 0.350. The largest absolute Gasteiger partial charge is 3.00 e. The van der Waals surface area contributed by atoms with Crippen molar-refractivity contribution in [2.75, 3.05) is 0 Å². The van der Waals surface area contributed by atoms with Gasteiger partial charge in [0.2, 0.25) is 0 Å². The van der Waals surface area contributed by atoms with Crippen LogP contribution in [0.15, 0.2) is 16.0 Å². The molecule has 0 spiro atoms. The molecule has 0 aromatic heterocycles. The van der Waals surface area contributed by atoms with Crippen LogP contribution < -0.4 is 0 Å². The van der Waals surface area contributed by atoms with E-state index in [4.69, 9.17) is 30.3 Å². The van der Waals surface area contributed by atoms with Crippen LogP contribution in [0.2, 0.25) is 0 Å². The second-order valence-electron chi connectivity index (χ2n) is 0.224. The predicted octanol–water partition coefficient (Wildman–Crippen LogP) is 0.371. The molecular weight excluding hydrogens is 347 g/mol. The van der Waals surface area contributed by atoms with E-state index >= 15 is 0 Å². The first kappa shape index (κ1) is 23.0. The topological polar surface area (TPSA) is 157 Å². The second kappa shape index (κ2) is 93.5. The molecule has 0 N–H and O–H groups in total. The van der Waals surface area contributed by atoms with Gasteiger partial charge in [-0.1, -0.05) is 0 Å². The Morgan fingerprint density at radius 1 is 0.700 bits per heavy atom. The van der Waals surface area contributed by atoms with Crippen LogP contribution in [0.4, 0.5) is 0 Å². The zero-order valence-corrected chi connectivity index (χ0v) is 7.72. The van der Waals surface area contributed by atoms with Crippen LogP contribution in [0, 0.1) is 30.3 Å². The maximum absolute atomic E-state index is 8.00. The number of hydrogen-bond acceptors (Lipinski definition) is 9. The molecule has 0 unspecified atom stereocenters. The Morgan fingerprint density at radius 3 is 0.700 bits per heavy atom. The van der Waals surface area contributed by atoms with Gasteiger partial charge in [0.15, 0.2) is 0 Å². The molecule has 0 amide bonds. The van der Waals surface area contributed by atoms with Gasteiger partial charge in [-0.05, 0) is 0 Å². The zero-order valence-electron chi connectivity index (χ0n) is 4.24. The molecule has 56 valence electrons. The summed E-state index contributed by atoms with van der Waals surface area (Å²) in [5, 5.41) is 27.0. The molecule has 0 heterocycles. The molecule has 0 aliphatic heterocycles. The molecule has 9 nitrogen and oxygen atoms in total. The Hall–Kier alpha value is -0.917. The third-order valence-corrected chi connectivity index (χ3v) is 0. The molecule has 0 fully saturated rings. The summed E-state index contributed by atoms with van der Waals surface area (Å²) in [6, 6.07) is 0. The molecule has 10 heavy (non-hydrogen) atoms. The summed E-state index contributed by atoms with van der Waals surface area (Å²) >= 11 is 0. The molecule has 10 heteroatoms. The number of nitrogens with zero attached hydrogens (tertiary/aromatic N) is 3. The third kappa shape index (κ3) is 312. The van der Waals surface area contributed by atoms with Gasteiger partial charge in [0.1, 0.15) is 0 Å². The van der Waals surface area contributed by atoms with E-state index in [1.54, 1.807) is 0 Å². The zero-order chi connectivity index (χ0) is 8.12. The Kier molecular flexibility index (Phi) is 215. The second-order valence-corrected chi connectivity index (χ2v) is 0.224. The summed E-state index contributed by atoms with van der Waals surface area (Å²) in [6.45, 7) is 0. The minimum absolute atomic E-state index is 0. The minimum Gasteiger partial charge on any atom is -0.444 e. The Balaban J connectivity index is -0.0000000257. The summed E-state index contributed by atoms with van der Waals surface area (Å²) in [7, 11) is 0. The molecule has 0 aromatic carbocycles. The van der Waals surface area contributed by atoms with Crippen molar-refractivity contribution in [1.82, 2.24) is 0 Å². The molecule has 0 rings (SSSR count). The van der Waals surface area contributed by atoms with Gasteiger partial charge in [0, 0.05) is 0 Å². The van der Waals surface area contributed by atoms with Crippen LogP contribution >= 0.6 is 0 Å². The summed E-state index contributed by atoms with van der Waals surface area (Å²) in [4.78, 5) is 24.0. The maximum atomic E-state index is 8.00. The predicted molar refractivity (Wildman–Crippen MR) is 33.2 cm³/mol. The van der Waals surface area contributed by atoms with Gasteiger partial charge in [-0.2, -0.15) is 0 Å². The van der Waals surface area contributed by atoms with Crippen molar-refractivity contribution in [2.24, 2.45) is 16.0 Å². The van der Waals surface area contributed by atoms with E-state index in [0.717, 1.165) is 16.0 Å². The van der Waals surface area contributed by atoms with Crippen molar-refractivity contribution in [3.05, 3.63) is 30.3 Å². The van der Waals surface area contributed by atoms with Gasteiger partial charge in [0.25, 0.3) is 0 Å². The molecule has 0 atom stereocenters. The Labute approximate surface area is 73.0 Å². The smallest absolute Gasteiger partial charge is 0.444 e. The molecule has 2 radical (unpaired) electrons. The van der Waals surface area contributed by atoms with Gasteiger partial charge in [-0.15, -0.1) is 16.0 Å². The van der Waals surface area contributed by atoms with Gasteiger partial charge in [-0.25, -0.2) is 0 Å². The Bertz CT molecular complexity index is 49.7. The van der Waals surface area contributed by atoms with Crippen molar-refractivity contribution in [1.29, 1.82) is 0 Å². The van der Waals surface area contributed by atoms with Gasteiger partial charge in [0.05, 0.1) is 0 Å². The molecule has 0 aliphatic rings. The third-order valence-electron chi connectivity index (χ3n) is 0. The van der Waals surface area contributed by atoms with E-state index in [1.165, 1.54) is 0 Å². The van der Waals surface area contributed by atoms with E-state index < -0.39 is 0 Å². The fourth-order valence-corrected chi connectivity index (χ4v) is 0. The standard InChI is InChI=1S/Bi.3HNO2/c;3*2-1-3/h;3*(H,2,3)/q+3;;;/p-3. The van der Waals surface area contributed by atoms with E-state index in [2.05, 4.69) is 0 Å². The monoisotopic (exact) mass is 347 g/mol. The van der Waals surface area contributed by atoms with Crippen LogP contribution in [-0.2, 0) is 0 Å². The summed E-state index contributed by atoms with van der Waals surface area (Å²) in [5.74, 6) is 0. The van der Waals surface area contributed by atoms with E-state index in [-0.39, 0.29) is 26.2 Å². The molecule has 0 bridgehead atoms. The van der Waals surface area contributed by atoms with Crippen molar-refractivity contribution in [3.8, 4) is 0 Å². The van der Waals surface area contributed by atoms with Crippen LogP contribution in [0.25, 0.3) is 0 Å². The first-order valence-corrected chi connectivity index (χ1v) is 1.10. The van der Waals surface area contributed by atoms with Crippen molar-refractivity contribution in [2.45, 2.75) is 0 Å². The first-order chi connectivity index (χ1) is 4.24. The minimum atomic E-state index is 0. The normalized spacial score (nSPS) is 3.60. The molecular formula is BiN3O6. The fourth-order valence-electron chi connectivity index (χ4n) is 0. The summed E-state index contributed by atoms with van der Waals surface area (Å²) in [5.41, 5.74) is 0. The Morgan fingerprint density at radius 2 is 0.700 bits per heavy atom. The van der Waals surface area contributed by atoms with Crippen molar-refractivity contribution < 1.29 is 0 Å². The molecule has 0 saturated carbocycles. The van der Waals surface area contributed by atoms with Crippen molar-refractivity contribution >= 4 is 26.2 Å². The molecule has 0 saturated heterocycles. The van der Waals surface area contributed by atoms with Crippen LogP contribution in [0.1, 0.15) is 0 Å². The number of rotatable bonds is 0. The fraction of sp³-hybridized carbons (Fsp3) is 0. The van der Waals surface area contributed by atoms with Gasteiger partial charge in [-0.3, -0.25) is 0 Å².